The van der Waals surface area contributed by atoms with Crippen molar-refractivity contribution in [1.82, 2.24) is 19.7 Å². The lowest BCUT2D eigenvalue weighted by molar-refractivity contribution is 0.0828. The van der Waals surface area contributed by atoms with Gasteiger partial charge >= 0.3 is 0 Å². The number of carbonyl (C=O) groups excluding carboxylic acids is 1. The Bertz CT molecular complexity index is 620. The molecule has 1 unspecified atom stereocenters. The van der Waals surface area contributed by atoms with Crippen LogP contribution in [0.4, 0.5) is 5.82 Å². The molecule has 0 aromatic carbocycles. The van der Waals surface area contributed by atoms with Gasteiger partial charge in [-0.15, -0.1) is 0 Å². The minimum atomic E-state index is -0.0267. The smallest absolute Gasteiger partial charge is 0.258 e. The second-order valence-corrected chi connectivity index (χ2v) is 5.15. The predicted molar refractivity (Wildman–Crippen MR) is 75.7 cm³/mol. The number of nitrogens with one attached hydrogen (secondary N) is 1. The first-order chi connectivity index (χ1) is 9.66. The number of rotatable bonds is 2. The van der Waals surface area contributed by atoms with Gasteiger partial charge in [0.25, 0.3) is 5.91 Å². The number of carbonyl (C=O) groups is 1. The minimum Gasteiger partial charge on any atom is -0.369 e. The highest BCUT2D eigenvalue weighted by Gasteiger charge is 2.25. The van der Waals surface area contributed by atoms with E-state index in [1.165, 1.54) is 5.56 Å². The Labute approximate surface area is 117 Å². The third-order valence-corrected chi connectivity index (χ3v) is 3.56. The van der Waals surface area contributed by atoms with E-state index in [9.17, 15) is 4.79 Å². The van der Waals surface area contributed by atoms with Crippen LogP contribution in [-0.4, -0.2) is 46.2 Å². The van der Waals surface area contributed by atoms with Crippen LogP contribution in [0.2, 0.25) is 0 Å². The van der Waals surface area contributed by atoms with E-state index < -0.39 is 0 Å². The van der Waals surface area contributed by atoms with Gasteiger partial charge < -0.3 is 10.2 Å². The average Bonchev–Trinajstić information content (AvgIpc) is 2.90. The van der Waals surface area contributed by atoms with E-state index in [-0.39, 0.29) is 5.91 Å². The summed E-state index contributed by atoms with van der Waals surface area (Å²) in [4.78, 5) is 17.7. The van der Waals surface area contributed by atoms with Crippen molar-refractivity contribution in [3.63, 3.8) is 0 Å². The molecule has 0 fully saturated rings. The van der Waals surface area contributed by atoms with Crippen LogP contribution in [0, 0.1) is 0 Å². The molecule has 0 spiro atoms. The van der Waals surface area contributed by atoms with E-state index >= 15 is 0 Å². The molecule has 0 aliphatic carbocycles. The van der Waals surface area contributed by atoms with E-state index in [4.69, 9.17) is 0 Å². The van der Waals surface area contributed by atoms with Crippen LogP contribution >= 0.6 is 0 Å². The number of fused-ring (bicyclic) bond motifs is 1. The van der Waals surface area contributed by atoms with Crippen molar-refractivity contribution in [2.24, 2.45) is 0 Å². The normalized spacial score (nSPS) is 17.2. The van der Waals surface area contributed by atoms with Gasteiger partial charge in [-0.05, 0) is 17.7 Å². The van der Waals surface area contributed by atoms with Crippen LogP contribution < -0.4 is 5.32 Å². The molecule has 0 saturated heterocycles. The monoisotopic (exact) mass is 271 g/mol. The van der Waals surface area contributed by atoms with Gasteiger partial charge in [0.2, 0.25) is 0 Å². The molecule has 1 N–H and O–H groups in total. The van der Waals surface area contributed by atoms with E-state index in [0.717, 1.165) is 18.9 Å². The number of nitrogens with zero attached hydrogens (tertiary/aromatic N) is 4. The van der Waals surface area contributed by atoms with Crippen molar-refractivity contribution >= 4 is 11.7 Å². The van der Waals surface area contributed by atoms with E-state index in [1.807, 2.05) is 16.8 Å². The maximum atomic E-state index is 12.1. The summed E-state index contributed by atoms with van der Waals surface area (Å²) in [6, 6.07) is 4.04. The summed E-state index contributed by atoms with van der Waals surface area (Å²) in [6.45, 7) is 1.57. The summed E-state index contributed by atoms with van der Waals surface area (Å²) in [5.74, 6) is 1.13. The predicted octanol–water partition coefficient (Wildman–Crippen LogP) is 1.19. The summed E-state index contributed by atoms with van der Waals surface area (Å²) in [7, 11) is 3.49. The Morgan fingerprint density at radius 3 is 2.85 bits per heavy atom. The first-order valence-electron chi connectivity index (χ1n) is 6.58. The van der Waals surface area contributed by atoms with Gasteiger partial charge in [-0.25, -0.2) is 4.68 Å². The fraction of sp³-hybridized carbons (Fsp3) is 0.357. The molecule has 0 radical (unpaired) electrons. The zero-order chi connectivity index (χ0) is 14.1. The molecule has 2 aromatic rings. The summed E-state index contributed by atoms with van der Waals surface area (Å²) in [5, 5.41) is 7.66. The fourth-order valence-corrected chi connectivity index (χ4v) is 2.46. The number of hydrogen-bond acceptors (Lipinski definition) is 4. The van der Waals surface area contributed by atoms with Gasteiger partial charge in [0.1, 0.15) is 11.4 Å². The van der Waals surface area contributed by atoms with Gasteiger partial charge in [0, 0.05) is 39.0 Å². The van der Waals surface area contributed by atoms with Crippen molar-refractivity contribution < 1.29 is 4.79 Å². The van der Waals surface area contributed by atoms with Gasteiger partial charge in [-0.1, -0.05) is 0 Å². The molecule has 0 bridgehead atoms. The van der Waals surface area contributed by atoms with Crippen LogP contribution in [0.15, 0.2) is 30.7 Å². The van der Waals surface area contributed by atoms with Gasteiger partial charge in [-0.2, -0.15) is 5.10 Å². The molecular formula is C14H17N5O. The molecule has 3 rings (SSSR count). The van der Waals surface area contributed by atoms with Crippen molar-refractivity contribution in [3.8, 4) is 0 Å². The van der Waals surface area contributed by atoms with Crippen LogP contribution in [0.1, 0.15) is 21.8 Å². The highest BCUT2D eigenvalue weighted by molar-refractivity contribution is 5.98. The third-order valence-electron chi connectivity index (χ3n) is 3.56. The standard InChI is InChI=1S/C14H17N5O/c1-18(2)14(20)12-8-17-19-9-11(7-16-13(12)19)10-3-5-15-6-4-10/h3-6,8,11,16H,7,9H2,1-2H3. The second-order valence-electron chi connectivity index (χ2n) is 5.15. The number of aromatic nitrogens is 3. The van der Waals surface area contributed by atoms with E-state index in [0.29, 0.717) is 11.5 Å². The zero-order valence-electron chi connectivity index (χ0n) is 11.6. The Morgan fingerprint density at radius 1 is 1.40 bits per heavy atom. The minimum absolute atomic E-state index is 0.0267. The Hall–Kier alpha value is -2.37. The summed E-state index contributed by atoms with van der Waals surface area (Å²) < 4.78 is 1.87. The summed E-state index contributed by atoms with van der Waals surface area (Å²) in [5.41, 5.74) is 1.86. The second kappa shape index (κ2) is 4.96. The van der Waals surface area contributed by atoms with Crippen LogP contribution in [0.5, 0.6) is 0 Å². The van der Waals surface area contributed by atoms with Crippen LogP contribution in [-0.2, 0) is 6.54 Å². The Balaban J connectivity index is 1.85. The maximum Gasteiger partial charge on any atom is 0.258 e. The molecule has 20 heavy (non-hydrogen) atoms. The molecule has 3 heterocycles. The SMILES string of the molecule is CN(C)C(=O)c1cnn2c1NCC(c1ccncc1)C2. The van der Waals surface area contributed by atoms with Crippen LogP contribution in [0.3, 0.4) is 0 Å². The quantitative estimate of drug-likeness (QED) is 0.891. The molecule has 6 nitrogen and oxygen atoms in total. The number of amides is 1. The zero-order valence-corrected chi connectivity index (χ0v) is 11.6. The topological polar surface area (TPSA) is 63.1 Å². The molecule has 6 heteroatoms. The maximum absolute atomic E-state index is 12.1. The first-order valence-corrected chi connectivity index (χ1v) is 6.58. The molecule has 1 atom stereocenters. The van der Waals surface area contributed by atoms with E-state index in [2.05, 4.69) is 15.4 Å². The molecule has 104 valence electrons. The molecule has 2 aromatic heterocycles. The van der Waals surface area contributed by atoms with Gasteiger partial charge in [-0.3, -0.25) is 9.78 Å². The average molecular weight is 271 g/mol. The highest BCUT2D eigenvalue weighted by Crippen LogP contribution is 2.27. The van der Waals surface area contributed by atoms with Crippen molar-refractivity contribution in [2.45, 2.75) is 12.5 Å². The van der Waals surface area contributed by atoms with Gasteiger partial charge in [0.15, 0.2) is 0 Å². The van der Waals surface area contributed by atoms with Crippen molar-refractivity contribution in [3.05, 3.63) is 41.9 Å². The van der Waals surface area contributed by atoms with Crippen molar-refractivity contribution in [2.75, 3.05) is 26.0 Å². The molecule has 1 aliphatic rings. The molecule has 0 saturated carbocycles. The molecule has 1 aliphatic heterocycles. The lowest BCUT2D eigenvalue weighted by Crippen LogP contribution is -2.29. The number of hydrogen-bond donors (Lipinski definition) is 1. The van der Waals surface area contributed by atoms with Gasteiger partial charge in [0.05, 0.1) is 12.7 Å². The fourth-order valence-electron chi connectivity index (χ4n) is 2.46. The summed E-state index contributed by atoms with van der Waals surface area (Å²) in [6.07, 6.45) is 5.24. The third kappa shape index (κ3) is 2.13. The first kappa shape index (κ1) is 12.7. The van der Waals surface area contributed by atoms with Crippen LogP contribution in [0.25, 0.3) is 0 Å². The van der Waals surface area contributed by atoms with Crippen molar-refractivity contribution in [1.29, 1.82) is 0 Å². The number of anilines is 1. The largest absolute Gasteiger partial charge is 0.369 e. The lowest BCUT2D eigenvalue weighted by atomic mass is 9.99. The summed E-state index contributed by atoms with van der Waals surface area (Å²) >= 11 is 0. The molecule has 1 amide bonds. The highest BCUT2D eigenvalue weighted by atomic mass is 16.2. The van der Waals surface area contributed by atoms with E-state index in [1.54, 1.807) is 37.6 Å². The lowest BCUT2D eigenvalue weighted by Gasteiger charge is -2.26. The Kier molecular flexibility index (Phi) is 3.14. The number of pyridine rings is 1. The molecular weight excluding hydrogens is 254 g/mol. The Morgan fingerprint density at radius 2 is 2.15 bits per heavy atom.